The molecule has 0 aromatic heterocycles. The molecule has 1 fully saturated rings. The van der Waals surface area contributed by atoms with Gasteiger partial charge in [-0.25, -0.2) is 9.18 Å². The molecule has 8 heteroatoms. The number of nitrogens with one attached hydrogen (secondary N) is 2. The number of urea groups is 1. The Morgan fingerprint density at radius 3 is 2.06 bits per heavy atom. The molecule has 0 unspecified atom stereocenters. The number of hydrogen-bond acceptors (Lipinski definition) is 3. The van der Waals surface area contributed by atoms with E-state index in [0.29, 0.717) is 0 Å². The Morgan fingerprint density at radius 2 is 1.52 bits per heavy atom. The summed E-state index contributed by atoms with van der Waals surface area (Å²) in [4.78, 5) is 39.7. The largest absolute Gasteiger partial charge is 0.325 e. The summed E-state index contributed by atoms with van der Waals surface area (Å²) in [5.74, 6) is -1.92. The van der Waals surface area contributed by atoms with Gasteiger partial charge >= 0.3 is 6.03 Å². The van der Waals surface area contributed by atoms with Crippen molar-refractivity contribution in [2.24, 2.45) is 0 Å². The van der Waals surface area contributed by atoms with Crippen LogP contribution in [0.15, 0.2) is 78.9 Å². The lowest BCUT2D eigenvalue weighted by atomic mass is 9.84. The molecule has 0 saturated carbocycles. The zero-order valence-corrected chi connectivity index (χ0v) is 18.3. The molecule has 3 aromatic carbocycles. The molecule has 0 aliphatic carbocycles. The SMILES string of the molecule is O=C(CN1C(=O)NC(Cc2ccccc2)(Cc2ccccc2)C1=O)Nc1ccc(Cl)cc1F. The Balaban J connectivity index is 1.56. The third-order valence-electron chi connectivity index (χ3n) is 5.45. The molecule has 0 spiro atoms. The number of hydrogen-bond donors (Lipinski definition) is 2. The molecule has 0 atom stereocenters. The number of carbonyl (C=O) groups is 3. The van der Waals surface area contributed by atoms with Gasteiger partial charge in [0.2, 0.25) is 5.91 Å². The minimum Gasteiger partial charge on any atom is -0.322 e. The average Bonchev–Trinajstić information content (AvgIpc) is 3.01. The van der Waals surface area contributed by atoms with Gasteiger partial charge in [-0.05, 0) is 29.3 Å². The van der Waals surface area contributed by atoms with Crippen molar-refractivity contribution < 1.29 is 18.8 Å². The van der Waals surface area contributed by atoms with Crippen molar-refractivity contribution in [3.63, 3.8) is 0 Å². The molecule has 1 saturated heterocycles. The van der Waals surface area contributed by atoms with E-state index in [-0.39, 0.29) is 23.6 Å². The van der Waals surface area contributed by atoms with Gasteiger partial charge in [-0.2, -0.15) is 0 Å². The van der Waals surface area contributed by atoms with Crippen molar-refractivity contribution in [3.05, 3.63) is 101 Å². The Morgan fingerprint density at radius 1 is 0.939 bits per heavy atom. The van der Waals surface area contributed by atoms with E-state index < -0.39 is 35.7 Å². The summed E-state index contributed by atoms with van der Waals surface area (Å²) in [6.07, 6.45) is 0.522. The third kappa shape index (κ3) is 5.04. The molecule has 1 aliphatic rings. The maximum atomic E-state index is 14.0. The van der Waals surface area contributed by atoms with E-state index in [2.05, 4.69) is 10.6 Å². The summed E-state index contributed by atoms with van der Waals surface area (Å²) in [5, 5.41) is 5.39. The van der Waals surface area contributed by atoms with Crippen molar-refractivity contribution >= 4 is 35.1 Å². The molecule has 1 aliphatic heterocycles. The highest BCUT2D eigenvalue weighted by molar-refractivity contribution is 6.30. The molecule has 1 heterocycles. The summed E-state index contributed by atoms with van der Waals surface area (Å²) >= 11 is 5.74. The van der Waals surface area contributed by atoms with Crippen LogP contribution in [0.1, 0.15) is 11.1 Å². The van der Waals surface area contributed by atoms with E-state index in [4.69, 9.17) is 11.6 Å². The quantitative estimate of drug-likeness (QED) is 0.513. The van der Waals surface area contributed by atoms with Crippen LogP contribution in [0.4, 0.5) is 14.9 Å². The lowest BCUT2D eigenvalue weighted by Crippen LogP contribution is -2.51. The number of imide groups is 1. The number of benzene rings is 3. The van der Waals surface area contributed by atoms with Crippen LogP contribution in [0.25, 0.3) is 0 Å². The van der Waals surface area contributed by atoms with Crippen molar-refractivity contribution in [1.82, 2.24) is 10.2 Å². The van der Waals surface area contributed by atoms with Crippen molar-refractivity contribution in [2.75, 3.05) is 11.9 Å². The Labute approximate surface area is 195 Å². The van der Waals surface area contributed by atoms with Crippen LogP contribution in [0.3, 0.4) is 0 Å². The van der Waals surface area contributed by atoms with Gasteiger partial charge in [0.25, 0.3) is 5.91 Å². The second-order valence-electron chi connectivity index (χ2n) is 7.90. The smallest absolute Gasteiger partial charge is 0.322 e. The van der Waals surface area contributed by atoms with Gasteiger partial charge in [0.05, 0.1) is 5.69 Å². The highest BCUT2D eigenvalue weighted by Crippen LogP contribution is 2.27. The number of nitrogens with zero attached hydrogens (tertiary/aromatic N) is 1. The number of amides is 4. The minimum atomic E-state index is -1.24. The van der Waals surface area contributed by atoms with E-state index >= 15 is 0 Å². The van der Waals surface area contributed by atoms with Crippen LogP contribution >= 0.6 is 11.6 Å². The number of rotatable bonds is 7. The van der Waals surface area contributed by atoms with Crippen LogP contribution in [0.5, 0.6) is 0 Å². The second-order valence-corrected chi connectivity index (χ2v) is 8.34. The predicted molar refractivity (Wildman–Crippen MR) is 123 cm³/mol. The second kappa shape index (κ2) is 9.42. The summed E-state index contributed by atoms with van der Waals surface area (Å²) in [6, 6.07) is 21.8. The number of halogens is 2. The first kappa shape index (κ1) is 22.5. The molecular weight excluding hydrogens is 445 g/mol. The van der Waals surface area contributed by atoms with Crippen LogP contribution in [0.2, 0.25) is 5.02 Å². The van der Waals surface area contributed by atoms with E-state index in [9.17, 15) is 18.8 Å². The highest BCUT2D eigenvalue weighted by atomic mass is 35.5. The van der Waals surface area contributed by atoms with Crippen LogP contribution in [0, 0.1) is 5.82 Å². The molecule has 0 radical (unpaired) electrons. The topological polar surface area (TPSA) is 78.5 Å². The van der Waals surface area contributed by atoms with Gasteiger partial charge in [-0.3, -0.25) is 14.5 Å². The van der Waals surface area contributed by atoms with Gasteiger partial charge in [-0.1, -0.05) is 72.3 Å². The highest BCUT2D eigenvalue weighted by Gasteiger charge is 2.51. The summed E-state index contributed by atoms with van der Waals surface area (Å²) in [6.45, 7) is -0.544. The van der Waals surface area contributed by atoms with Gasteiger partial charge in [0, 0.05) is 17.9 Å². The lowest BCUT2D eigenvalue weighted by Gasteiger charge is -2.27. The molecule has 6 nitrogen and oxygen atoms in total. The van der Waals surface area contributed by atoms with E-state index in [1.807, 2.05) is 60.7 Å². The van der Waals surface area contributed by atoms with Gasteiger partial charge in [0.1, 0.15) is 17.9 Å². The van der Waals surface area contributed by atoms with Crippen LogP contribution in [-0.4, -0.2) is 34.8 Å². The maximum absolute atomic E-state index is 14.0. The predicted octanol–water partition coefficient (Wildman–Crippen LogP) is 4.19. The van der Waals surface area contributed by atoms with E-state index in [1.54, 1.807) is 0 Å². The molecule has 33 heavy (non-hydrogen) atoms. The van der Waals surface area contributed by atoms with Gasteiger partial charge in [0.15, 0.2) is 0 Å². The molecule has 168 valence electrons. The van der Waals surface area contributed by atoms with Gasteiger partial charge < -0.3 is 10.6 Å². The summed E-state index contributed by atoms with van der Waals surface area (Å²) in [7, 11) is 0. The standard InChI is InChI=1S/C25H21ClFN3O3/c26-19-11-12-21(20(27)13-19)28-22(31)16-30-23(32)25(29-24(30)33,14-17-7-3-1-4-8-17)15-18-9-5-2-6-10-18/h1-13H,14-16H2,(H,28,31)(H,29,33). The first-order valence-corrected chi connectivity index (χ1v) is 10.7. The maximum Gasteiger partial charge on any atom is 0.325 e. The Bertz CT molecular complexity index is 1150. The molecule has 3 aromatic rings. The first-order chi connectivity index (χ1) is 15.9. The van der Waals surface area contributed by atoms with Gasteiger partial charge in [-0.15, -0.1) is 0 Å². The third-order valence-corrected chi connectivity index (χ3v) is 5.69. The van der Waals surface area contributed by atoms with Crippen LogP contribution < -0.4 is 10.6 Å². The molecule has 4 amide bonds. The number of carbonyl (C=O) groups excluding carboxylic acids is 3. The van der Waals surface area contributed by atoms with Crippen molar-refractivity contribution in [2.45, 2.75) is 18.4 Å². The summed E-state index contributed by atoms with van der Waals surface area (Å²) < 4.78 is 14.0. The van der Waals surface area contributed by atoms with E-state index in [0.717, 1.165) is 22.1 Å². The molecular formula is C25H21ClFN3O3. The Kier molecular flexibility index (Phi) is 6.42. The average molecular weight is 466 g/mol. The van der Waals surface area contributed by atoms with Crippen molar-refractivity contribution in [3.8, 4) is 0 Å². The molecule has 2 N–H and O–H groups in total. The fraction of sp³-hybridized carbons (Fsp3) is 0.160. The molecule has 0 bridgehead atoms. The monoisotopic (exact) mass is 465 g/mol. The number of anilines is 1. The minimum absolute atomic E-state index is 0.0868. The normalized spacial score (nSPS) is 14.8. The lowest BCUT2D eigenvalue weighted by molar-refractivity contribution is -0.133. The zero-order valence-electron chi connectivity index (χ0n) is 17.6. The Hall–Kier alpha value is -3.71. The van der Waals surface area contributed by atoms with Crippen LogP contribution in [-0.2, 0) is 22.4 Å². The first-order valence-electron chi connectivity index (χ1n) is 10.3. The zero-order chi connectivity index (χ0) is 23.4. The fourth-order valence-corrected chi connectivity index (χ4v) is 4.09. The van der Waals surface area contributed by atoms with Crippen molar-refractivity contribution in [1.29, 1.82) is 0 Å². The summed E-state index contributed by atoms with van der Waals surface area (Å²) in [5.41, 5.74) is 0.413. The molecule has 4 rings (SSSR count). The van der Waals surface area contributed by atoms with E-state index in [1.165, 1.54) is 12.1 Å². The fourth-order valence-electron chi connectivity index (χ4n) is 3.93.